The van der Waals surface area contributed by atoms with Gasteiger partial charge in [-0.15, -0.1) is 0 Å². The van der Waals surface area contributed by atoms with Crippen LogP contribution in [0.25, 0.3) is 0 Å². The molecular weight excluding hydrogens is 500 g/mol. The Morgan fingerprint density at radius 3 is 2.39 bits per heavy atom. The summed E-state index contributed by atoms with van der Waals surface area (Å²) in [4.78, 5) is 12.4. The summed E-state index contributed by atoms with van der Waals surface area (Å²) in [6.45, 7) is 0.335. The third-order valence-corrected chi connectivity index (χ3v) is 6.55. The highest BCUT2D eigenvalue weighted by molar-refractivity contribution is 6.31. The minimum Gasteiger partial charge on any atom is -0.489 e. The summed E-state index contributed by atoms with van der Waals surface area (Å²) in [5.41, 5.74) is 9.76. The molecule has 0 saturated carbocycles. The molecule has 7 heteroatoms. The van der Waals surface area contributed by atoms with Crippen molar-refractivity contribution in [2.75, 3.05) is 0 Å². The van der Waals surface area contributed by atoms with Crippen LogP contribution in [0.3, 0.4) is 0 Å². The van der Waals surface area contributed by atoms with E-state index in [4.69, 9.17) is 31.5 Å². The molecule has 1 unspecified atom stereocenters. The molecule has 1 atom stereocenters. The van der Waals surface area contributed by atoms with Gasteiger partial charge in [0.05, 0.1) is 12.3 Å². The first kappa shape index (κ1) is 24.9. The number of nitrogens with two attached hydrogens (primary N) is 1. The highest BCUT2D eigenvalue weighted by atomic mass is 35.5. The molecule has 188 valence electrons. The van der Waals surface area contributed by atoms with Gasteiger partial charge in [0.1, 0.15) is 35.5 Å². The van der Waals surface area contributed by atoms with Gasteiger partial charge in [-0.2, -0.15) is 5.26 Å². The average molecular weight is 523 g/mol. The molecule has 1 aliphatic heterocycles. The fraction of sp³-hybridized carbons (Fsp3) is 0.0968. The molecular formula is C31H23ClN2O4. The zero-order valence-electron chi connectivity index (χ0n) is 20.3. The molecule has 0 radical (unpaired) electrons. The molecule has 0 aliphatic carbocycles. The van der Waals surface area contributed by atoms with Crippen molar-refractivity contribution in [3.05, 3.63) is 136 Å². The SMILES string of the molecule is N#CC1=C(N)Oc2cc(OC(=O)Cc3ccccc3)ccc2C1c1ccc(OCc2ccccc2Cl)cc1. The third kappa shape index (κ3) is 5.49. The molecule has 2 N–H and O–H groups in total. The van der Waals surface area contributed by atoms with Crippen molar-refractivity contribution in [2.24, 2.45) is 5.73 Å². The first-order valence-corrected chi connectivity index (χ1v) is 12.3. The van der Waals surface area contributed by atoms with Crippen LogP contribution in [-0.4, -0.2) is 5.97 Å². The molecule has 4 aromatic carbocycles. The number of carbonyl (C=O) groups excluding carboxylic acids is 1. The minimum atomic E-state index is -0.449. The van der Waals surface area contributed by atoms with Crippen molar-refractivity contribution in [3.63, 3.8) is 0 Å². The Morgan fingerprint density at radius 2 is 1.66 bits per heavy atom. The summed E-state index contributed by atoms with van der Waals surface area (Å²) in [5.74, 6) is 0.594. The van der Waals surface area contributed by atoms with E-state index in [-0.39, 0.29) is 12.3 Å². The van der Waals surface area contributed by atoms with E-state index in [0.29, 0.717) is 34.5 Å². The van der Waals surface area contributed by atoms with E-state index in [9.17, 15) is 10.1 Å². The number of hydrogen-bond donors (Lipinski definition) is 1. The van der Waals surface area contributed by atoms with Crippen LogP contribution >= 0.6 is 11.6 Å². The maximum Gasteiger partial charge on any atom is 0.315 e. The molecule has 4 aromatic rings. The number of nitrogens with zero attached hydrogens (tertiary/aromatic N) is 1. The first-order valence-electron chi connectivity index (χ1n) is 11.9. The highest BCUT2D eigenvalue weighted by Crippen LogP contribution is 2.43. The smallest absolute Gasteiger partial charge is 0.315 e. The standard InChI is InChI=1S/C31H23ClN2O4/c32-27-9-5-4-8-22(27)19-36-23-12-10-21(11-13-23)30-25-15-14-24(17-28(25)38-31(34)26(30)18-33)37-29(35)16-20-6-2-1-3-7-20/h1-15,17,30H,16,19,34H2. The molecule has 0 fully saturated rings. The van der Waals surface area contributed by atoms with Crippen molar-refractivity contribution < 1.29 is 19.0 Å². The lowest BCUT2D eigenvalue weighted by Crippen LogP contribution is -2.21. The second kappa shape index (κ2) is 11.1. The number of carbonyl (C=O) groups is 1. The largest absolute Gasteiger partial charge is 0.489 e. The predicted molar refractivity (Wildman–Crippen MR) is 144 cm³/mol. The van der Waals surface area contributed by atoms with Gasteiger partial charge in [-0.25, -0.2) is 0 Å². The second-order valence-electron chi connectivity index (χ2n) is 8.71. The van der Waals surface area contributed by atoms with E-state index in [1.807, 2.05) is 78.9 Å². The number of esters is 1. The Balaban J connectivity index is 1.35. The quantitative estimate of drug-likeness (QED) is 0.226. The fourth-order valence-electron chi connectivity index (χ4n) is 4.31. The molecule has 6 nitrogen and oxygen atoms in total. The monoisotopic (exact) mass is 522 g/mol. The van der Waals surface area contributed by atoms with E-state index in [1.165, 1.54) is 0 Å². The van der Waals surface area contributed by atoms with Gasteiger partial charge in [-0.05, 0) is 35.4 Å². The maximum absolute atomic E-state index is 12.4. The van der Waals surface area contributed by atoms with E-state index in [2.05, 4.69) is 6.07 Å². The summed E-state index contributed by atoms with van der Waals surface area (Å²) < 4.78 is 17.2. The van der Waals surface area contributed by atoms with Gasteiger partial charge < -0.3 is 19.9 Å². The molecule has 1 heterocycles. The molecule has 0 aromatic heterocycles. The Kier molecular flexibility index (Phi) is 7.30. The molecule has 0 amide bonds. The first-order chi connectivity index (χ1) is 18.5. The van der Waals surface area contributed by atoms with Crippen LogP contribution in [0.4, 0.5) is 0 Å². The molecule has 0 spiro atoms. The number of allylic oxidation sites excluding steroid dienone is 1. The predicted octanol–water partition coefficient (Wildman–Crippen LogP) is 6.29. The van der Waals surface area contributed by atoms with E-state index < -0.39 is 11.9 Å². The lowest BCUT2D eigenvalue weighted by Gasteiger charge is -2.26. The van der Waals surface area contributed by atoms with E-state index in [0.717, 1.165) is 22.3 Å². The van der Waals surface area contributed by atoms with Crippen molar-refractivity contribution in [3.8, 4) is 23.3 Å². The molecule has 38 heavy (non-hydrogen) atoms. The summed E-state index contributed by atoms with van der Waals surface area (Å²) in [7, 11) is 0. The Morgan fingerprint density at radius 1 is 0.947 bits per heavy atom. The van der Waals surface area contributed by atoms with E-state index in [1.54, 1.807) is 18.2 Å². The normalized spacial score (nSPS) is 14.2. The third-order valence-electron chi connectivity index (χ3n) is 6.18. The zero-order valence-corrected chi connectivity index (χ0v) is 21.0. The van der Waals surface area contributed by atoms with E-state index >= 15 is 0 Å². The lowest BCUT2D eigenvalue weighted by atomic mass is 9.83. The topological polar surface area (TPSA) is 94.6 Å². The number of benzene rings is 4. The van der Waals surface area contributed by atoms with Crippen LogP contribution in [-0.2, 0) is 17.8 Å². The molecule has 5 rings (SSSR count). The molecule has 0 bridgehead atoms. The highest BCUT2D eigenvalue weighted by Gasteiger charge is 2.31. The zero-order chi connectivity index (χ0) is 26.5. The Hall–Kier alpha value is -4.73. The van der Waals surface area contributed by atoms with Gasteiger partial charge in [-0.1, -0.05) is 78.3 Å². The van der Waals surface area contributed by atoms with Crippen LogP contribution in [0.1, 0.15) is 28.2 Å². The van der Waals surface area contributed by atoms with Crippen LogP contribution < -0.4 is 19.9 Å². The number of fused-ring (bicyclic) bond motifs is 1. The number of ether oxygens (including phenoxy) is 3. The minimum absolute atomic E-state index is 0.0109. The Bertz CT molecular complexity index is 1540. The van der Waals surface area contributed by atoms with Crippen molar-refractivity contribution in [1.29, 1.82) is 5.26 Å². The van der Waals surface area contributed by atoms with Crippen LogP contribution in [0.2, 0.25) is 5.02 Å². The lowest BCUT2D eigenvalue weighted by molar-refractivity contribution is -0.133. The summed E-state index contributed by atoms with van der Waals surface area (Å²) in [6.07, 6.45) is 0.146. The van der Waals surface area contributed by atoms with Gasteiger partial charge in [-0.3, -0.25) is 4.79 Å². The van der Waals surface area contributed by atoms with Gasteiger partial charge in [0.15, 0.2) is 0 Å². The van der Waals surface area contributed by atoms with Crippen LogP contribution in [0, 0.1) is 11.3 Å². The summed E-state index contributed by atoms with van der Waals surface area (Å²) >= 11 is 6.22. The average Bonchev–Trinajstić information content (AvgIpc) is 2.92. The maximum atomic E-state index is 12.4. The second-order valence-corrected chi connectivity index (χ2v) is 9.12. The van der Waals surface area contributed by atoms with Gasteiger partial charge in [0.25, 0.3) is 0 Å². The number of hydrogen-bond acceptors (Lipinski definition) is 6. The summed E-state index contributed by atoms with van der Waals surface area (Å²) in [5, 5.41) is 10.5. The molecule has 1 aliphatic rings. The van der Waals surface area contributed by atoms with Crippen molar-refractivity contribution in [1.82, 2.24) is 0 Å². The summed E-state index contributed by atoms with van der Waals surface area (Å²) in [6, 6.07) is 31.6. The van der Waals surface area contributed by atoms with Crippen LogP contribution in [0.15, 0.2) is 109 Å². The number of rotatable bonds is 7. The van der Waals surface area contributed by atoms with Crippen molar-refractivity contribution in [2.45, 2.75) is 18.9 Å². The van der Waals surface area contributed by atoms with Crippen LogP contribution in [0.5, 0.6) is 17.2 Å². The van der Waals surface area contributed by atoms with Gasteiger partial charge in [0, 0.05) is 22.2 Å². The number of halogens is 1. The number of nitriles is 1. The van der Waals surface area contributed by atoms with Gasteiger partial charge in [0.2, 0.25) is 5.88 Å². The fourth-order valence-corrected chi connectivity index (χ4v) is 4.50. The van der Waals surface area contributed by atoms with Gasteiger partial charge >= 0.3 is 5.97 Å². The van der Waals surface area contributed by atoms with Crippen molar-refractivity contribution >= 4 is 17.6 Å². The molecule has 0 saturated heterocycles. The Labute approximate surface area is 225 Å².